The molecular formula is C17H14Cl2N4O3. The van der Waals surface area contributed by atoms with E-state index in [-0.39, 0.29) is 12.3 Å². The first-order valence-corrected chi connectivity index (χ1v) is 8.21. The number of carbonyl (C=O) groups excluding carboxylic acids is 1. The summed E-state index contributed by atoms with van der Waals surface area (Å²) in [6, 6.07) is 10.4. The van der Waals surface area contributed by atoms with Gasteiger partial charge in [0, 0.05) is 11.1 Å². The fourth-order valence-electron chi connectivity index (χ4n) is 2.39. The number of benzene rings is 2. The van der Waals surface area contributed by atoms with Crippen LogP contribution in [0.2, 0.25) is 10.0 Å². The van der Waals surface area contributed by atoms with Crippen molar-refractivity contribution < 1.29 is 14.3 Å². The SMILES string of the molecule is COc1ccc(-c2n[nH]nc2C(N)=O)cc1COc1cccc(Cl)c1Cl. The molecule has 2 aromatic carbocycles. The van der Waals surface area contributed by atoms with Crippen molar-refractivity contribution in [1.82, 2.24) is 15.4 Å². The molecule has 3 aromatic rings. The van der Waals surface area contributed by atoms with Crippen LogP contribution in [-0.2, 0) is 6.61 Å². The van der Waals surface area contributed by atoms with Crippen LogP contribution in [0.15, 0.2) is 36.4 Å². The van der Waals surface area contributed by atoms with Crippen molar-refractivity contribution in [3.63, 3.8) is 0 Å². The van der Waals surface area contributed by atoms with Crippen molar-refractivity contribution in [3.05, 3.63) is 57.7 Å². The minimum atomic E-state index is -0.673. The number of primary amides is 1. The van der Waals surface area contributed by atoms with Crippen molar-refractivity contribution in [2.45, 2.75) is 6.61 Å². The summed E-state index contributed by atoms with van der Waals surface area (Å²) >= 11 is 12.1. The molecule has 0 fully saturated rings. The number of ether oxygens (including phenoxy) is 2. The maximum Gasteiger partial charge on any atom is 0.271 e. The summed E-state index contributed by atoms with van der Waals surface area (Å²) in [5, 5.41) is 10.9. The van der Waals surface area contributed by atoms with Crippen LogP contribution < -0.4 is 15.2 Å². The number of hydrogen-bond donors (Lipinski definition) is 2. The van der Waals surface area contributed by atoms with Crippen molar-refractivity contribution >= 4 is 29.1 Å². The summed E-state index contributed by atoms with van der Waals surface area (Å²) in [5.41, 5.74) is 7.09. The van der Waals surface area contributed by atoms with E-state index in [2.05, 4.69) is 15.4 Å². The lowest BCUT2D eigenvalue weighted by Crippen LogP contribution is -2.12. The van der Waals surface area contributed by atoms with Crippen LogP contribution in [0.3, 0.4) is 0 Å². The predicted octanol–water partition coefficient (Wildman–Crippen LogP) is 3.47. The fraction of sp³-hybridized carbons (Fsp3) is 0.118. The molecule has 9 heteroatoms. The van der Waals surface area contributed by atoms with Crippen LogP contribution in [0.1, 0.15) is 16.1 Å². The fourth-order valence-corrected chi connectivity index (χ4v) is 2.74. The second-order valence-electron chi connectivity index (χ2n) is 5.25. The molecule has 0 aliphatic rings. The third-order valence-electron chi connectivity index (χ3n) is 3.63. The van der Waals surface area contributed by atoms with Crippen LogP contribution in [0, 0.1) is 0 Å². The molecule has 0 saturated carbocycles. The summed E-state index contributed by atoms with van der Waals surface area (Å²) in [7, 11) is 1.55. The normalized spacial score (nSPS) is 10.6. The van der Waals surface area contributed by atoms with E-state index in [0.29, 0.717) is 32.8 Å². The number of nitrogens with zero attached hydrogens (tertiary/aromatic N) is 2. The summed E-state index contributed by atoms with van der Waals surface area (Å²) in [6.07, 6.45) is 0. The van der Waals surface area contributed by atoms with Crippen LogP contribution in [0.5, 0.6) is 11.5 Å². The molecule has 3 N–H and O–H groups in total. The van der Waals surface area contributed by atoms with Crippen molar-refractivity contribution in [3.8, 4) is 22.8 Å². The van der Waals surface area contributed by atoms with Gasteiger partial charge < -0.3 is 15.2 Å². The van der Waals surface area contributed by atoms with E-state index in [1.165, 1.54) is 0 Å². The third-order valence-corrected chi connectivity index (χ3v) is 4.44. The van der Waals surface area contributed by atoms with Gasteiger partial charge in [0.1, 0.15) is 28.8 Å². The largest absolute Gasteiger partial charge is 0.496 e. The van der Waals surface area contributed by atoms with Crippen LogP contribution >= 0.6 is 23.2 Å². The molecule has 3 rings (SSSR count). The van der Waals surface area contributed by atoms with E-state index in [4.69, 9.17) is 38.4 Å². The van der Waals surface area contributed by atoms with E-state index in [0.717, 1.165) is 5.56 Å². The smallest absolute Gasteiger partial charge is 0.271 e. The summed E-state index contributed by atoms with van der Waals surface area (Å²) in [4.78, 5) is 11.5. The van der Waals surface area contributed by atoms with Crippen LogP contribution in [-0.4, -0.2) is 28.4 Å². The highest BCUT2D eigenvalue weighted by molar-refractivity contribution is 6.42. The topological polar surface area (TPSA) is 103 Å². The first kappa shape index (κ1) is 18.0. The summed E-state index contributed by atoms with van der Waals surface area (Å²) < 4.78 is 11.1. The minimum absolute atomic E-state index is 0.0555. The molecule has 1 heterocycles. The third kappa shape index (κ3) is 3.58. The zero-order valence-corrected chi connectivity index (χ0v) is 15.1. The monoisotopic (exact) mass is 392 g/mol. The Balaban J connectivity index is 1.92. The maximum atomic E-state index is 11.5. The molecule has 1 aromatic heterocycles. The van der Waals surface area contributed by atoms with Gasteiger partial charge in [0.15, 0.2) is 5.69 Å². The Labute approximate surface area is 159 Å². The highest BCUT2D eigenvalue weighted by Gasteiger charge is 2.17. The average Bonchev–Trinajstić information content (AvgIpc) is 3.13. The quantitative estimate of drug-likeness (QED) is 0.668. The molecule has 0 unspecified atom stereocenters. The standard InChI is InChI=1S/C17H14Cl2N4O3/c1-25-12-6-5-9(15-16(17(20)24)22-23-21-15)7-10(12)8-26-13-4-2-3-11(18)14(13)19/h2-7H,8H2,1H3,(H2,20,24)(H,21,22,23). The molecular weight excluding hydrogens is 379 g/mol. The zero-order valence-electron chi connectivity index (χ0n) is 13.6. The Morgan fingerprint density at radius 2 is 2.00 bits per heavy atom. The van der Waals surface area contributed by atoms with Gasteiger partial charge in [-0.2, -0.15) is 15.4 Å². The Morgan fingerprint density at radius 3 is 2.73 bits per heavy atom. The van der Waals surface area contributed by atoms with Gasteiger partial charge in [0.2, 0.25) is 0 Å². The number of nitrogens with one attached hydrogen (secondary N) is 1. The first-order valence-electron chi connectivity index (χ1n) is 7.46. The molecule has 0 saturated heterocycles. The van der Waals surface area contributed by atoms with Gasteiger partial charge in [0.05, 0.1) is 12.1 Å². The summed E-state index contributed by atoms with van der Waals surface area (Å²) in [5.74, 6) is 0.384. The van der Waals surface area contributed by atoms with Crippen LogP contribution in [0.25, 0.3) is 11.3 Å². The van der Waals surface area contributed by atoms with Gasteiger partial charge in [-0.25, -0.2) is 0 Å². The zero-order chi connectivity index (χ0) is 18.7. The number of carbonyl (C=O) groups is 1. The first-order chi connectivity index (χ1) is 12.5. The molecule has 26 heavy (non-hydrogen) atoms. The Bertz CT molecular complexity index is 959. The highest BCUT2D eigenvalue weighted by atomic mass is 35.5. The molecule has 0 radical (unpaired) electrons. The van der Waals surface area contributed by atoms with Gasteiger partial charge in [-0.3, -0.25) is 4.79 Å². The Morgan fingerprint density at radius 1 is 1.19 bits per heavy atom. The van der Waals surface area contributed by atoms with Crippen molar-refractivity contribution in [2.24, 2.45) is 5.73 Å². The number of nitrogens with two attached hydrogens (primary N) is 1. The molecule has 1 amide bonds. The number of hydrogen-bond acceptors (Lipinski definition) is 5. The van der Waals surface area contributed by atoms with Gasteiger partial charge in [-0.15, -0.1) is 0 Å². The molecule has 0 aliphatic carbocycles. The van der Waals surface area contributed by atoms with Crippen LogP contribution in [0.4, 0.5) is 0 Å². The molecule has 134 valence electrons. The highest BCUT2D eigenvalue weighted by Crippen LogP contribution is 2.33. The van der Waals surface area contributed by atoms with E-state index in [9.17, 15) is 4.79 Å². The molecule has 0 bridgehead atoms. The van der Waals surface area contributed by atoms with Gasteiger partial charge in [0.25, 0.3) is 5.91 Å². The Hall–Kier alpha value is -2.77. The molecule has 0 atom stereocenters. The maximum absolute atomic E-state index is 11.5. The number of aromatic amines is 1. The number of amides is 1. The molecule has 0 spiro atoms. The lowest BCUT2D eigenvalue weighted by atomic mass is 10.1. The Kier molecular flexibility index (Phi) is 5.29. The van der Waals surface area contributed by atoms with Crippen molar-refractivity contribution in [2.75, 3.05) is 7.11 Å². The van der Waals surface area contributed by atoms with Gasteiger partial charge >= 0.3 is 0 Å². The predicted molar refractivity (Wildman–Crippen MR) is 97.7 cm³/mol. The lowest BCUT2D eigenvalue weighted by molar-refractivity contribution is 0.0996. The summed E-state index contributed by atoms with van der Waals surface area (Å²) in [6.45, 7) is 0.167. The molecule has 7 nitrogen and oxygen atoms in total. The van der Waals surface area contributed by atoms with Gasteiger partial charge in [-0.1, -0.05) is 29.3 Å². The minimum Gasteiger partial charge on any atom is -0.496 e. The lowest BCUT2D eigenvalue weighted by Gasteiger charge is -2.13. The number of aromatic nitrogens is 3. The average molecular weight is 393 g/mol. The number of methoxy groups -OCH3 is 1. The van der Waals surface area contributed by atoms with Gasteiger partial charge in [-0.05, 0) is 30.3 Å². The number of halogens is 2. The number of H-pyrrole nitrogens is 1. The van der Waals surface area contributed by atoms with E-state index in [1.807, 2.05) is 0 Å². The van der Waals surface area contributed by atoms with E-state index < -0.39 is 5.91 Å². The number of rotatable bonds is 6. The second-order valence-corrected chi connectivity index (χ2v) is 6.04. The molecule has 0 aliphatic heterocycles. The van der Waals surface area contributed by atoms with Crippen molar-refractivity contribution in [1.29, 1.82) is 0 Å². The van der Waals surface area contributed by atoms with E-state index in [1.54, 1.807) is 43.5 Å². The van der Waals surface area contributed by atoms with E-state index >= 15 is 0 Å². The second kappa shape index (κ2) is 7.63.